The Labute approximate surface area is 99.1 Å². The van der Waals surface area contributed by atoms with Gasteiger partial charge in [0, 0.05) is 5.31 Å². The van der Waals surface area contributed by atoms with Crippen LogP contribution in [0.25, 0.3) is 0 Å². The first kappa shape index (κ1) is 11.4. The van der Waals surface area contributed by atoms with Crippen LogP contribution in [0.2, 0.25) is 0 Å². The number of benzene rings is 1. The second-order valence-corrected chi connectivity index (χ2v) is 6.20. The molecule has 0 saturated heterocycles. The summed E-state index contributed by atoms with van der Waals surface area (Å²) >= 11 is 0. The van der Waals surface area contributed by atoms with Crippen molar-refractivity contribution < 1.29 is 0 Å². The fourth-order valence-electron chi connectivity index (χ4n) is 1.80. The molecule has 1 atom stereocenters. The Bertz CT molecular complexity index is 422. The van der Waals surface area contributed by atoms with Gasteiger partial charge in [-0.1, -0.05) is 49.8 Å². The van der Waals surface area contributed by atoms with E-state index in [1.807, 2.05) is 6.08 Å². The van der Waals surface area contributed by atoms with Crippen LogP contribution in [0.3, 0.4) is 0 Å². The van der Waals surface area contributed by atoms with Crippen molar-refractivity contribution in [2.75, 3.05) is 6.16 Å². The van der Waals surface area contributed by atoms with Gasteiger partial charge in [0.2, 0.25) is 0 Å². The van der Waals surface area contributed by atoms with E-state index in [2.05, 4.69) is 55.1 Å². The molecule has 1 unspecified atom stereocenters. The number of hydrogen-bond acceptors (Lipinski definition) is 0. The molecule has 0 bridgehead atoms. The summed E-state index contributed by atoms with van der Waals surface area (Å²) in [6, 6.07) is 10.9. The molecule has 1 heteroatoms. The molecule has 0 amide bonds. The van der Waals surface area contributed by atoms with Crippen LogP contribution in [-0.4, -0.2) is 6.16 Å². The molecule has 16 heavy (non-hydrogen) atoms. The zero-order valence-corrected chi connectivity index (χ0v) is 10.6. The zero-order valence-electron chi connectivity index (χ0n) is 9.69. The zero-order chi connectivity index (χ0) is 11.2. The second kappa shape index (κ2) is 5.85. The van der Waals surface area contributed by atoms with Crippen LogP contribution in [0.15, 0.2) is 59.6 Å². The van der Waals surface area contributed by atoms with Gasteiger partial charge < -0.3 is 0 Å². The average Bonchev–Trinajstić information content (AvgIpc) is 2.85. The topological polar surface area (TPSA) is 0 Å². The van der Waals surface area contributed by atoms with E-state index in [9.17, 15) is 0 Å². The fourth-order valence-corrected chi connectivity index (χ4v) is 4.24. The molecule has 0 heterocycles. The average molecular weight is 228 g/mol. The molecular formula is C15H17P. The Morgan fingerprint density at radius 3 is 2.62 bits per heavy atom. The van der Waals surface area contributed by atoms with Gasteiger partial charge in [-0.2, -0.15) is 0 Å². The number of allylic oxidation sites excluding steroid dienone is 3. The predicted molar refractivity (Wildman–Crippen MR) is 73.5 cm³/mol. The van der Waals surface area contributed by atoms with Gasteiger partial charge in [0.1, 0.15) is 0 Å². The van der Waals surface area contributed by atoms with Crippen LogP contribution in [-0.2, 0) is 0 Å². The van der Waals surface area contributed by atoms with Crippen molar-refractivity contribution in [3.05, 3.63) is 59.6 Å². The highest BCUT2D eigenvalue weighted by Crippen LogP contribution is 2.45. The van der Waals surface area contributed by atoms with E-state index in [0.29, 0.717) is 0 Å². The lowest BCUT2D eigenvalue weighted by atomic mass is 10.4. The SMILES string of the molecule is CCCCP(C1=C=CC=C1)c1ccccc1. The molecular weight excluding hydrogens is 211 g/mol. The molecule has 0 aromatic heterocycles. The van der Waals surface area contributed by atoms with Gasteiger partial charge in [-0.25, -0.2) is 0 Å². The molecule has 1 aliphatic carbocycles. The summed E-state index contributed by atoms with van der Waals surface area (Å²) in [7, 11) is -0.175. The molecule has 0 saturated carbocycles. The van der Waals surface area contributed by atoms with Gasteiger partial charge >= 0.3 is 0 Å². The van der Waals surface area contributed by atoms with Crippen LogP contribution in [0, 0.1) is 0 Å². The van der Waals surface area contributed by atoms with E-state index in [-0.39, 0.29) is 7.92 Å². The van der Waals surface area contributed by atoms with Gasteiger partial charge in [0.25, 0.3) is 0 Å². The molecule has 1 aliphatic rings. The van der Waals surface area contributed by atoms with Gasteiger partial charge in [-0.05, 0) is 38.0 Å². The van der Waals surface area contributed by atoms with Crippen LogP contribution >= 0.6 is 7.92 Å². The van der Waals surface area contributed by atoms with Crippen molar-refractivity contribution >= 4 is 13.2 Å². The Hall–Kier alpha value is -1.09. The molecule has 1 aromatic rings. The summed E-state index contributed by atoms with van der Waals surface area (Å²) in [5.41, 5.74) is 3.37. The molecule has 82 valence electrons. The number of hydrogen-bond donors (Lipinski definition) is 0. The van der Waals surface area contributed by atoms with Crippen LogP contribution in [0.5, 0.6) is 0 Å². The van der Waals surface area contributed by atoms with Crippen LogP contribution < -0.4 is 5.30 Å². The van der Waals surface area contributed by atoms with E-state index >= 15 is 0 Å². The smallest absolute Gasteiger partial charge is 0.0219 e. The summed E-state index contributed by atoms with van der Waals surface area (Å²) in [6.45, 7) is 2.26. The summed E-state index contributed by atoms with van der Waals surface area (Å²) in [6.07, 6.45) is 10.2. The lowest BCUT2D eigenvalue weighted by Crippen LogP contribution is -2.03. The number of rotatable bonds is 5. The monoisotopic (exact) mass is 228 g/mol. The van der Waals surface area contributed by atoms with E-state index in [1.165, 1.54) is 29.6 Å². The standard InChI is InChI=1S/C15H17P/c1-2-3-13-16(15-11-7-8-12-15)14-9-5-4-6-10-14/h4-11H,2-3,13H2,1H3. The highest BCUT2D eigenvalue weighted by atomic mass is 31.1. The lowest BCUT2D eigenvalue weighted by Gasteiger charge is -2.16. The van der Waals surface area contributed by atoms with E-state index in [4.69, 9.17) is 0 Å². The summed E-state index contributed by atoms with van der Waals surface area (Å²) in [4.78, 5) is 0. The third-order valence-electron chi connectivity index (χ3n) is 2.68. The van der Waals surface area contributed by atoms with Gasteiger partial charge in [0.05, 0.1) is 0 Å². The summed E-state index contributed by atoms with van der Waals surface area (Å²) < 4.78 is 0. The summed E-state index contributed by atoms with van der Waals surface area (Å²) in [5.74, 6) is 0. The van der Waals surface area contributed by atoms with Crippen LogP contribution in [0.4, 0.5) is 0 Å². The maximum absolute atomic E-state index is 3.37. The normalized spacial score (nSPS) is 15.2. The quantitative estimate of drug-likeness (QED) is 0.523. The molecule has 0 aliphatic heterocycles. The molecule has 0 fully saturated rings. The van der Waals surface area contributed by atoms with Gasteiger partial charge in [-0.15, -0.1) is 5.73 Å². The van der Waals surface area contributed by atoms with Crippen molar-refractivity contribution in [3.8, 4) is 0 Å². The molecule has 0 N–H and O–H groups in total. The Morgan fingerprint density at radius 1 is 1.19 bits per heavy atom. The van der Waals surface area contributed by atoms with Crippen molar-refractivity contribution in [2.24, 2.45) is 0 Å². The van der Waals surface area contributed by atoms with Crippen molar-refractivity contribution in [1.82, 2.24) is 0 Å². The highest BCUT2D eigenvalue weighted by Gasteiger charge is 2.14. The molecule has 0 nitrogen and oxygen atoms in total. The second-order valence-electron chi connectivity index (χ2n) is 3.90. The first-order valence-corrected chi connectivity index (χ1v) is 7.40. The predicted octanol–water partition coefficient (Wildman–Crippen LogP) is 4.20. The Morgan fingerprint density at radius 2 is 2.00 bits per heavy atom. The third kappa shape index (κ3) is 2.73. The van der Waals surface area contributed by atoms with Crippen molar-refractivity contribution in [2.45, 2.75) is 19.8 Å². The highest BCUT2D eigenvalue weighted by molar-refractivity contribution is 7.69. The molecule has 0 radical (unpaired) electrons. The van der Waals surface area contributed by atoms with Crippen LogP contribution in [0.1, 0.15) is 19.8 Å². The van der Waals surface area contributed by atoms with E-state index in [1.54, 1.807) is 0 Å². The van der Waals surface area contributed by atoms with Gasteiger partial charge in [-0.3, -0.25) is 0 Å². The minimum absolute atomic E-state index is 0.175. The van der Waals surface area contributed by atoms with E-state index in [0.717, 1.165) is 0 Å². The summed E-state index contributed by atoms with van der Waals surface area (Å²) in [5, 5.41) is 2.88. The lowest BCUT2D eigenvalue weighted by molar-refractivity contribution is 0.893. The first-order chi connectivity index (χ1) is 7.92. The first-order valence-electron chi connectivity index (χ1n) is 5.88. The minimum atomic E-state index is -0.175. The fraction of sp³-hybridized carbons (Fsp3) is 0.267. The molecule has 1 aromatic carbocycles. The van der Waals surface area contributed by atoms with Crippen molar-refractivity contribution in [1.29, 1.82) is 0 Å². The maximum Gasteiger partial charge on any atom is 0.0219 e. The Kier molecular flexibility index (Phi) is 4.17. The minimum Gasteiger partial charge on any atom is -0.112 e. The van der Waals surface area contributed by atoms with E-state index < -0.39 is 0 Å². The third-order valence-corrected chi connectivity index (χ3v) is 5.22. The number of unbranched alkanes of at least 4 members (excludes halogenated alkanes) is 1. The Balaban J connectivity index is 2.21. The van der Waals surface area contributed by atoms with Gasteiger partial charge in [0.15, 0.2) is 0 Å². The largest absolute Gasteiger partial charge is 0.112 e. The molecule has 2 rings (SSSR count). The van der Waals surface area contributed by atoms with Crippen molar-refractivity contribution in [3.63, 3.8) is 0 Å². The molecule has 0 spiro atoms. The maximum atomic E-state index is 3.37.